The average Bonchev–Trinajstić information content (AvgIpc) is 2.84. The number of benzene rings is 1. The van der Waals surface area contributed by atoms with E-state index in [2.05, 4.69) is 58.5 Å². The van der Waals surface area contributed by atoms with Gasteiger partial charge in [0.25, 0.3) is 0 Å². The van der Waals surface area contributed by atoms with Crippen molar-refractivity contribution in [2.45, 2.75) is 19.8 Å². The second-order valence-electron chi connectivity index (χ2n) is 4.88. The largest absolute Gasteiger partial charge is 0.317 e. The maximum absolute atomic E-state index is 6.03. The summed E-state index contributed by atoms with van der Waals surface area (Å²) in [5.74, 6) is 0.586. The summed E-state index contributed by atoms with van der Waals surface area (Å²) >= 11 is 11.4. The van der Waals surface area contributed by atoms with Crippen molar-refractivity contribution < 1.29 is 0 Å². The van der Waals surface area contributed by atoms with Crippen LogP contribution in [0.1, 0.15) is 17.4 Å². The highest BCUT2D eigenvalue weighted by Crippen LogP contribution is 2.26. The normalized spacial score (nSPS) is 12.6. The van der Waals surface area contributed by atoms with Crippen LogP contribution in [-0.2, 0) is 12.8 Å². The Morgan fingerprint density at radius 1 is 1.20 bits per heavy atom. The Bertz CT molecular complexity index is 541. The molecule has 0 aliphatic heterocycles. The number of hydrogen-bond acceptors (Lipinski definition) is 2. The van der Waals surface area contributed by atoms with E-state index < -0.39 is 0 Å². The van der Waals surface area contributed by atoms with Crippen LogP contribution in [-0.4, -0.2) is 13.1 Å². The Hall–Kier alpha value is -0.350. The van der Waals surface area contributed by atoms with Crippen LogP contribution in [0.5, 0.6) is 0 Å². The Balaban J connectivity index is 2.05. The molecule has 0 spiro atoms. The lowest BCUT2D eigenvalue weighted by atomic mass is 9.95. The summed E-state index contributed by atoms with van der Waals surface area (Å²) in [5.41, 5.74) is 1.37. The van der Waals surface area contributed by atoms with E-state index in [0.717, 1.165) is 30.3 Å². The van der Waals surface area contributed by atoms with E-state index >= 15 is 0 Å². The summed E-state index contributed by atoms with van der Waals surface area (Å²) in [7, 11) is 0. The zero-order chi connectivity index (χ0) is 14.4. The molecule has 1 nitrogen and oxygen atoms in total. The van der Waals surface area contributed by atoms with Crippen LogP contribution in [0, 0.1) is 5.92 Å². The third kappa shape index (κ3) is 4.88. The number of halogens is 2. The first-order valence-corrected chi connectivity index (χ1v) is 8.86. The van der Waals surface area contributed by atoms with Crippen LogP contribution < -0.4 is 5.32 Å². The van der Waals surface area contributed by atoms with E-state index in [1.165, 1.54) is 14.9 Å². The van der Waals surface area contributed by atoms with E-state index in [1.807, 2.05) is 6.07 Å². The molecule has 4 heteroatoms. The maximum atomic E-state index is 6.03. The SMILES string of the molecule is CCNCC(Cc1ccc(Cl)s1)Cc1ccccc1Br. The highest BCUT2D eigenvalue weighted by atomic mass is 79.9. The Morgan fingerprint density at radius 3 is 2.65 bits per heavy atom. The van der Waals surface area contributed by atoms with Gasteiger partial charge in [-0.25, -0.2) is 0 Å². The topological polar surface area (TPSA) is 12.0 Å². The molecule has 1 aromatic heterocycles. The molecule has 0 aliphatic rings. The molecule has 20 heavy (non-hydrogen) atoms. The summed E-state index contributed by atoms with van der Waals surface area (Å²) in [6.45, 7) is 4.20. The Kier molecular flexibility index (Phi) is 6.56. The van der Waals surface area contributed by atoms with Crippen molar-refractivity contribution in [3.8, 4) is 0 Å². The first kappa shape index (κ1) is 16.0. The number of hydrogen-bond donors (Lipinski definition) is 1. The van der Waals surface area contributed by atoms with Crippen LogP contribution in [0.25, 0.3) is 0 Å². The lowest BCUT2D eigenvalue weighted by Crippen LogP contribution is -2.25. The van der Waals surface area contributed by atoms with Crippen molar-refractivity contribution in [3.63, 3.8) is 0 Å². The van der Waals surface area contributed by atoms with E-state index in [4.69, 9.17) is 11.6 Å². The molecule has 1 unspecified atom stereocenters. The van der Waals surface area contributed by atoms with Gasteiger partial charge in [-0.3, -0.25) is 0 Å². The molecule has 108 valence electrons. The molecule has 0 fully saturated rings. The Labute approximate surface area is 138 Å². The molecule has 0 radical (unpaired) electrons. The van der Waals surface area contributed by atoms with Crippen molar-refractivity contribution in [1.29, 1.82) is 0 Å². The van der Waals surface area contributed by atoms with Gasteiger partial charge in [0.1, 0.15) is 0 Å². The second-order valence-corrected chi connectivity index (χ2v) is 7.53. The molecule has 1 atom stereocenters. The Morgan fingerprint density at radius 2 is 2.00 bits per heavy atom. The van der Waals surface area contributed by atoms with Crippen LogP contribution >= 0.6 is 38.9 Å². The van der Waals surface area contributed by atoms with Gasteiger partial charge in [0, 0.05) is 9.35 Å². The molecule has 1 aromatic carbocycles. The monoisotopic (exact) mass is 371 g/mol. The number of thiophene rings is 1. The minimum Gasteiger partial charge on any atom is -0.317 e. The van der Waals surface area contributed by atoms with Crippen LogP contribution in [0.2, 0.25) is 4.34 Å². The maximum Gasteiger partial charge on any atom is 0.0931 e. The third-order valence-electron chi connectivity index (χ3n) is 3.27. The smallest absolute Gasteiger partial charge is 0.0931 e. The minimum atomic E-state index is 0.586. The van der Waals surface area contributed by atoms with Gasteiger partial charge in [0.2, 0.25) is 0 Å². The summed E-state index contributed by atoms with van der Waals surface area (Å²) in [6, 6.07) is 12.6. The number of rotatable bonds is 7. The van der Waals surface area contributed by atoms with Crippen LogP contribution in [0.4, 0.5) is 0 Å². The van der Waals surface area contributed by atoms with Crippen molar-refractivity contribution in [3.05, 3.63) is 55.6 Å². The molecular weight excluding hydrogens is 354 g/mol. The fourth-order valence-electron chi connectivity index (χ4n) is 2.29. The summed E-state index contributed by atoms with van der Waals surface area (Å²) in [4.78, 5) is 1.37. The van der Waals surface area contributed by atoms with E-state index in [0.29, 0.717) is 5.92 Å². The van der Waals surface area contributed by atoms with Gasteiger partial charge < -0.3 is 5.32 Å². The van der Waals surface area contributed by atoms with Crippen LogP contribution in [0.3, 0.4) is 0 Å². The molecule has 2 rings (SSSR count). The van der Waals surface area contributed by atoms with Gasteiger partial charge in [0.15, 0.2) is 0 Å². The minimum absolute atomic E-state index is 0.586. The zero-order valence-corrected chi connectivity index (χ0v) is 14.7. The first-order chi connectivity index (χ1) is 9.69. The quantitative estimate of drug-likeness (QED) is 0.706. The third-order valence-corrected chi connectivity index (χ3v) is 5.30. The van der Waals surface area contributed by atoms with Gasteiger partial charge in [-0.15, -0.1) is 11.3 Å². The second kappa shape index (κ2) is 8.18. The van der Waals surface area contributed by atoms with Gasteiger partial charge >= 0.3 is 0 Å². The summed E-state index contributed by atoms with van der Waals surface area (Å²) < 4.78 is 2.08. The molecule has 0 amide bonds. The first-order valence-electron chi connectivity index (χ1n) is 6.87. The van der Waals surface area contributed by atoms with Crippen LogP contribution in [0.15, 0.2) is 40.9 Å². The standard InChI is InChI=1S/C16H19BrClNS/c1-2-19-11-12(10-14-7-8-16(18)20-14)9-13-5-3-4-6-15(13)17/h3-8,12,19H,2,9-11H2,1H3. The lowest BCUT2D eigenvalue weighted by Gasteiger charge is -2.17. The van der Waals surface area contributed by atoms with Gasteiger partial charge in [-0.05, 0) is 55.6 Å². The summed E-state index contributed by atoms with van der Waals surface area (Å²) in [6.07, 6.45) is 2.15. The van der Waals surface area contributed by atoms with E-state index in [-0.39, 0.29) is 0 Å². The fraction of sp³-hybridized carbons (Fsp3) is 0.375. The molecule has 2 aromatic rings. The van der Waals surface area contributed by atoms with Gasteiger partial charge in [-0.2, -0.15) is 0 Å². The fourth-order valence-corrected chi connectivity index (χ4v) is 3.93. The van der Waals surface area contributed by atoms with Crippen molar-refractivity contribution in [2.75, 3.05) is 13.1 Å². The van der Waals surface area contributed by atoms with Crippen molar-refractivity contribution in [2.24, 2.45) is 5.92 Å². The molecule has 0 saturated carbocycles. The predicted molar refractivity (Wildman–Crippen MR) is 92.9 cm³/mol. The number of nitrogens with one attached hydrogen (secondary N) is 1. The highest BCUT2D eigenvalue weighted by Gasteiger charge is 2.13. The van der Waals surface area contributed by atoms with Gasteiger partial charge in [0.05, 0.1) is 4.34 Å². The van der Waals surface area contributed by atoms with E-state index in [1.54, 1.807) is 11.3 Å². The molecular formula is C16H19BrClNS. The summed E-state index contributed by atoms with van der Waals surface area (Å²) in [5, 5.41) is 3.47. The molecule has 1 N–H and O–H groups in total. The average molecular weight is 373 g/mol. The molecule has 0 bridgehead atoms. The molecule has 0 aliphatic carbocycles. The van der Waals surface area contributed by atoms with Crippen molar-refractivity contribution in [1.82, 2.24) is 5.32 Å². The van der Waals surface area contributed by atoms with Gasteiger partial charge in [-0.1, -0.05) is 52.7 Å². The van der Waals surface area contributed by atoms with Crippen molar-refractivity contribution >= 4 is 38.9 Å². The lowest BCUT2D eigenvalue weighted by molar-refractivity contribution is 0.480. The van der Waals surface area contributed by atoms with E-state index in [9.17, 15) is 0 Å². The highest BCUT2D eigenvalue weighted by molar-refractivity contribution is 9.10. The molecule has 0 saturated heterocycles. The molecule has 1 heterocycles. The predicted octanol–water partition coefficient (Wildman–Crippen LogP) is 5.17. The zero-order valence-electron chi connectivity index (χ0n) is 11.5.